The van der Waals surface area contributed by atoms with Gasteiger partial charge in [0.2, 0.25) is 0 Å². The molecule has 0 aliphatic carbocycles. The van der Waals surface area contributed by atoms with Gasteiger partial charge in [-0.25, -0.2) is 0 Å². The molecule has 1 atom stereocenters. The van der Waals surface area contributed by atoms with Crippen LogP contribution in [-0.4, -0.2) is 0 Å². The lowest BCUT2D eigenvalue weighted by Crippen LogP contribution is -2.27. The predicted octanol–water partition coefficient (Wildman–Crippen LogP) is 5.46. The number of ether oxygens (including phenoxy) is 1. The third kappa shape index (κ3) is 3.68. The summed E-state index contributed by atoms with van der Waals surface area (Å²) in [5.74, 6) is 0.847. The van der Waals surface area contributed by atoms with Gasteiger partial charge in [-0.05, 0) is 12.1 Å². The van der Waals surface area contributed by atoms with E-state index >= 15 is 0 Å². The molecule has 0 aromatic heterocycles. The topological polar surface area (TPSA) is 9.23 Å². The first-order valence-corrected chi connectivity index (χ1v) is 7.51. The average molecular weight is 420 g/mol. The quantitative estimate of drug-likeness (QED) is 0.403. The highest BCUT2D eigenvalue weighted by atomic mass is 127. The standard InChI is InChI=1S/C19H17OP.HI/c21-19(16-10-4-1-5-11-16,17-12-6-2-7-13-17)20-18-14-8-3-9-15-18;/h1-15H,21H2;1H. The fourth-order valence-corrected chi connectivity index (χ4v) is 2.85. The van der Waals surface area contributed by atoms with Crippen LogP contribution in [0.2, 0.25) is 0 Å². The molecule has 3 heteroatoms. The molecular weight excluding hydrogens is 402 g/mol. The molecule has 1 nitrogen and oxygen atoms in total. The molecule has 0 fully saturated rings. The van der Waals surface area contributed by atoms with Gasteiger partial charge in [0.05, 0.1) is 0 Å². The minimum absolute atomic E-state index is 0. The number of hydrogen-bond donors (Lipinski definition) is 0. The van der Waals surface area contributed by atoms with Crippen LogP contribution in [0.15, 0.2) is 91.0 Å². The Hall–Kier alpha value is -1.38. The first-order valence-electron chi connectivity index (χ1n) is 6.93. The number of rotatable bonds is 4. The largest absolute Gasteiger partial charge is 0.474 e. The number of para-hydroxylation sites is 1. The van der Waals surface area contributed by atoms with Crippen molar-refractivity contribution in [1.82, 2.24) is 0 Å². The smallest absolute Gasteiger partial charge is 0.171 e. The Kier molecular flexibility index (Phi) is 5.98. The Morgan fingerprint density at radius 1 is 0.591 bits per heavy atom. The zero-order valence-corrected chi connectivity index (χ0v) is 15.5. The summed E-state index contributed by atoms with van der Waals surface area (Å²) in [5, 5.41) is -0.593. The molecule has 0 radical (unpaired) electrons. The predicted molar refractivity (Wildman–Crippen MR) is 106 cm³/mol. The van der Waals surface area contributed by atoms with Crippen LogP contribution < -0.4 is 4.74 Å². The van der Waals surface area contributed by atoms with Crippen LogP contribution in [0.4, 0.5) is 0 Å². The normalized spacial score (nSPS) is 10.6. The van der Waals surface area contributed by atoms with E-state index in [1.165, 1.54) is 0 Å². The summed E-state index contributed by atoms with van der Waals surface area (Å²) in [6, 6.07) is 30.4. The Balaban J connectivity index is 0.00000176. The fourth-order valence-electron chi connectivity index (χ4n) is 2.33. The van der Waals surface area contributed by atoms with Gasteiger partial charge in [0.15, 0.2) is 5.34 Å². The molecule has 0 aliphatic rings. The fraction of sp³-hybridized carbons (Fsp3) is 0.0526. The summed E-state index contributed by atoms with van der Waals surface area (Å²) in [5.41, 5.74) is 2.20. The third-order valence-corrected chi connectivity index (χ3v) is 4.21. The molecule has 0 amide bonds. The molecule has 0 N–H and O–H groups in total. The molecule has 1 unspecified atom stereocenters. The van der Waals surface area contributed by atoms with E-state index in [1.54, 1.807) is 0 Å². The molecular formula is C19H18IOP. The summed E-state index contributed by atoms with van der Waals surface area (Å²) in [4.78, 5) is 0. The summed E-state index contributed by atoms with van der Waals surface area (Å²) < 4.78 is 6.34. The van der Waals surface area contributed by atoms with E-state index in [2.05, 4.69) is 33.5 Å². The molecule has 0 saturated carbocycles. The van der Waals surface area contributed by atoms with Gasteiger partial charge in [-0.3, -0.25) is 0 Å². The van der Waals surface area contributed by atoms with Crippen molar-refractivity contribution in [2.75, 3.05) is 0 Å². The number of benzene rings is 3. The van der Waals surface area contributed by atoms with Crippen LogP contribution >= 0.6 is 33.2 Å². The van der Waals surface area contributed by atoms with E-state index in [1.807, 2.05) is 66.7 Å². The zero-order chi connectivity index (χ0) is 14.5. The van der Waals surface area contributed by atoms with E-state index < -0.39 is 5.34 Å². The highest BCUT2D eigenvalue weighted by Crippen LogP contribution is 2.40. The minimum atomic E-state index is -0.593. The van der Waals surface area contributed by atoms with Gasteiger partial charge in [-0.1, -0.05) is 88.1 Å². The summed E-state index contributed by atoms with van der Waals surface area (Å²) in [7, 11) is 2.87. The maximum Gasteiger partial charge on any atom is 0.171 e. The van der Waals surface area contributed by atoms with Crippen LogP contribution in [-0.2, 0) is 5.34 Å². The molecule has 0 spiro atoms. The molecule has 0 heterocycles. The van der Waals surface area contributed by atoms with Crippen LogP contribution in [0.3, 0.4) is 0 Å². The average Bonchev–Trinajstić information content (AvgIpc) is 2.57. The van der Waals surface area contributed by atoms with Crippen molar-refractivity contribution < 1.29 is 4.74 Å². The second kappa shape index (κ2) is 7.75. The second-order valence-electron chi connectivity index (χ2n) is 4.88. The van der Waals surface area contributed by atoms with E-state index in [0.29, 0.717) is 0 Å². The number of halogens is 1. The lowest BCUT2D eigenvalue weighted by atomic mass is 10.0. The van der Waals surface area contributed by atoms with Gasteiger partial charge >= 0.3 is 0 Å². The lowest BCUT2D eigenvalue weighted by molar-refractivity contribution is 0.209. The van der Waals surface area contributed by atoms with Crippen molar-refractivity contribution in [3.8, 4) is 5.75 Å². The van der Waals surface area contributed by atoms with E-state index in [4.69, 9.17) is 4.74 Å². The van der Waals surface area contributed by atoms with E-state index in [9.17, 15) is 0 Å². The molecule has 0 aliphatic heterocycles. The van der Waals surface area contributed by atoms with Gasteiger partial charge in [0.1, 0.15) is 5.75 Å². The van der Waals surface area contributed by atoms with Crippen molar-refractivity contribution in [1.29, 1.82) is 0 Å². The van der Waals surface area contributed by atoms with Crippen molar-refractivity contribution in [3.05, 3.63) is 102 Å². The SMILES string of the molecule is I.PC(Oc1ccccc1)(c1ccccc1)c1ccccc1. The van der Waals surface area contributed by atoms with Crippen LogP contribution in [0.1, 0.15) is 11.1 Å². The molecule has 3 rings (SSSR count). The highest BCUT2D eigenvalue weighted by molar-refractivity contribution is 14.0. The monoisotopic (exact) mass is 420 g/mol. The van der Waals surface area contributed by atoms with E-state index in [0.717, 1.165) is 16.9 Å². The first kappa shape index (κ1) is 17.0. The molecule has 112 valence electrons. The molecule has 22 heavy (non-hydrogen) atoms. The van der Waals surface area contributed by atoms with Gasteiger partial charge in [-0.15, -0.1) is 24.0 Å². The molecule has 0 saturated heterocycles. The molecule has 3 aromatic carbocycles. The summed E-state index contributed by atoms with van der Waals surface area (Å²) >= 11 is 0. The van der Waals surface area contributed by atoms with Crippen LogP contribution in [0, 0.1) is 0 Å². The zero-order valence-electron chi connectivity index (χ0n) is 12.1. The van der Waals surface area contributed by atoms with Gasteiger partial charge in [0.25, 0.3) is 0 Å². The third-order valence-electron chi connectivity index (χ3n) is 3.43. The molecule has 0 bridgehead atoms. The van der Waals surface area contributed by atoms with Crippen LogP contribution in [0.5, 0.6) is 5.75 Å². The maximum atomic E-state index is 6.34. The highest BCUT2D eigenvalue weighted by Gasteiger charge is 2.31. The minimum Gasteiger partial charge on any atom is -0.474 e. The molecule has 3 aromatic rings. The van der Waals surface area contributed by atoms with Crippen molar-refractivity contribution >= 4 is 33.2 Å². The van der Waals surface area contributed by atoms with Gasteiger partial charge < -0.3 is 4.74 Å². The Labute approximate surface area is 150 Å². The van der Waals surface area contributed by atoms with Crippen molar-refractivity contribution in [3.63, 3.8) is 0 Å². The summed E-state index contributed by atoms with van der Waals surface area (Å²) in [6.07, 6.45) is 0. The Morgan fingerprint density at radius 3 is 1.36 bits per heavy atom. The van der Waals surface area contributed by atoms with Gasteiger partial charge in [0, 0.05) is 11.1 Å². The Morgan fingerprint density at radius 2 is 0.955 bits per heavy atom. The maximum absolute atomic E-state index is 6.34. The first-order chi connectivity index (χ1) is 10.3. The van der Waals surface area contributed by atoms with Gasteiger partial charge in [-0.2, -0.15) is 0 Å². The van der Waals surface area contributed by atoms with Crippen LogP contribution in [0.25, 0.3) is 0 Å². The summed E-state index contributed by atoms with van der Waals surface area (Å²) in [6.45, 7) is 0. The number of hydrogen-bond acceptors (Lipinski definition) is 1. The second-order valence-corrected chi connectivity index (χ2v) is 5.70. The van der Waals surface area contributed by atoms with E-state index in [-0.39, 0.29) is 24.0 Å². The lowest BCUT2D eigenvalue weighted by Gasteiger charge is -2.31. The van der Waals surface area contributed by atoms with Crippen molar-refractivity contribution in [2.45, 2.75) is 5.34 Å². The Bertz CT molecular complexity index is 647. The van der Waals surface area contributed by atoms with Crippen molar-refractivity contribution in [2.24, 2.45) is 0 Å².